The number of rotatable bonds is 0. The van der Waals surface area contributed by atoms with E-state index < -0.39 is 0 Å². The standard InChI is InChI=1S/C9H9NS/c1-7-10-9-5-3-2-4-8(9)6-11-7/h2-5,10H,1,6H2. The Bertz CT molecular complexity index is 293. The molecule has 0 atom stereocenters. The molecule has 0 fully saturated rings. The van der Waals surface area contributed by atoms with Gasteiger partial charge in [-0.3, -0.25) is 0 Å². The summed E-state index contributed by atoms with van der Waals surface area (Å²) in [5, 5.41) is 4.27. The van der Waals surface area contributed by atoms with Gasteiger partial charge in [-0.1, -0.05) is 24.8 Å². The molecular formula is C9H9NS. The molecule has 1 N–H and O–H groups in total. The predicted octanol–water partition coefficient (Wildman–Crippen LogP) is 2.82. The molecule has 1 heterocycles. The van der Waals surface area contributed by atoms with Gasteiger partial charge in [0.25, 0.3) is 0 Å². The average Bonchev–Trinajstić information content (AvgIpc) is 2.04. The van der Waals surface area contributed by atoms with E-state index in [4.69, 9.17) is 0 Å². The molecular weight excluding hydrogens is 154 g/mol. The SMILES string of the molecule is C=C1Nc2ccccc2CS1. The summed E-state index contributed by atoms with van der Waals surface area (Å²) < 4.78 is 0. The molecule has 1 aliphatic rings. The summed E-state index contributed by atoms with van der Waals surface area (Å²) in [4.78, 5) is 0. The molecule has 2 rings (SSSR count). The summed E-state index contributed by atoms with van der Waals surface area (Å²) in [6.07, 6.45) is 0. The Morgan fingerprint density at radius 1 is 1.36 bits per heavy atom. The molecule has 0 saturated carbocycles. The third-order valence-electron chi connectivity index (χ3n) is 1.69. The minimum absolute atomic E-state index is 1.04. The van der Waals surface area contributed by atoms with Crippen molar-refractivity contribution in [1.82, 2.24) is 0 Å². The highest BCUT2D eigenvalue weighted by molar-refractivity contribution is 8.02. The van der Waals surface area contributed by atoms with E-state index in [9.17, 15) is 0 Å². The third-order valence-corrected chi connectivity index (χ3v) is 2.60. The Labute approximate surface area is 70.5 Å². The van der Waals surface area contributed by atoms with E-state index >= 15 is 0 Å². The zero-order valence-corrected chi connectivity index (χ0v) is 6.95. The number of para-hydroxylation sites is 1. The average molecular weight is 163 g/mol. The van der Waals surface area contributed by atoms with Crippen LogP contribution in [0.4, 0.5) is 5.69 Å². The zero-order chi connectivity index (χ0) is 7.68. The quantitative estimate of drug-likeness (QED) is 0.631. The van der Waals surface area contributed by atoms with E-state index in [0.717, 1.165) is 10.8 Å². The van der Waals surface area contributed by atoms with Crippen LogP contribution < -0.4 is 5.32 Å². The van der Waals surface area contributed by atoms with Crippen molar-refractivity contribution in [3.63, 3.8) is 0 Å². The van der Waals surface area contributed by atoms with Crippen molar-refractivity contribution in [3.8, 4) is 0 Å². The van der Waals surface area contributed by atoms with E-state index in [1.54, 1.807) is 11.8 Å². The summed E-state index contributed by atoms with van der Waals surface area (Å²) >= 11 is 1.76. The van der Waals surface area contributed by atoms with Crippen LogP contribution in [0.3, 0.4) is 0 Å². The lowest BCUT2D eigenvalue weighted by atomic mass is 10.2. The number of benzene rings is 1. The first-order valence-corrected chi connectivity index (χ1v) is 4.51. The molecule has 56 valence electrons. The number of anilines is 1. The first-order chi connectivity index (χ1) is 5.36. The molecule has 11 heavy (non-hydrogen) atoms. The molecule has 0 saturated heterocycles. The van der Waals surface area contributed by atoms with Crippen LogP contribution in [0.1, 0.15) is 5.56 Å². The van der Waals surface area contributed by atoms with E-state index in [1.807, 2.05) is 6.07 Å². The van der Waals surface area contributed by atoms with Gasteiger partial charge >= 0.3 is 0 Å². The summed E-state index contributed by atoms with van der Waals surface area (Å²) in [7, 11) is 0. The number of thioether (sulfide) groups is 1. The number of hydrogen-bond donors (Lipinski definition) is 1. The minimum Gasteiger partial charge on any atom is -0.350 e. The van der Waals surface area contributed by atoms with Gasteiger partial charge in [-0.2, -0.15) is 0 Å². The van der Waals surface area contributed by atoms with Gasteiger partial charge < -0.3 is 5.32 Å². The van der Waals surface area contributed by atoms with Crippen molar-refractivity contribution in [1.29, 1.82) is 0 Å². The maximum atomic E-state index is 3.86. The highest BCUT2D eigenvalue weighted by atomic mass is 32.2. The molecule has 0 unspecified atom stereocenters. The van der Waals surface area contributed by atoms with Crippen molar-refractivity contribution >= 4 is 17.4 Å². The fourth-order valence-electron chi connectivity index (χ4n) is 1.12. The Morgan fingerprint density at radius 2 is 2.18 bits per heavy atom. The van der Waals surface area contributed by atoms with Crippen LogP contribution in [0.15, 0.2) is 35.9 Å². The van der Waals surface area contributed by atoms with Crippen molar-refractivity contribution in [3.05, 3.63) is 41.4 Å². The Morgan fingerprint density at radius 3 is 3.09 bits per heavy atom. The molecule has 0 amide bonds. The summed E-state index contributed by atoms with van der Waals surface area (Å²) in [6.45, 7) is 3.86. The number of fused-ring (bicyclic) bond motifs is 1. The van der Waals surface area contributed by atoms with E-state index in [0.29, 0.717) is 0 Å². The molecule has 0 spiro atoms. The highest BCUT2D eigenvalue weighted by Gasteiger charge is 2.08. The highest BCUT2D eigenvalue weighted by Crippen LogP contribution is 2.31. The maximum absolute atomic E-state index is 3.86. The predicted molar refractivity (Wildman–Crippen MR) is 50.5 cm³/mol. The van der Waals surface area contributed by atoms with Crippen LogP contribution >= 0.6 is 11.8 Å². The fraction of sp³-hybridized carbons (Fsp3) is 0.111. The van der Waals surface area contributed by atoms with Gasteiger partial charge in [0.1, 0.15) is 0 Å². The van der Waals surface area contributed by atoms with Crippen molar-refractivity contribution < 1.29 is 0 Å². The van der Waals surface area contributed by atoms with Crippen LogP contribution in [-0.4, -0.2) is 0 Å². The molecule has 1 aliphatic heterocycles. The largest absolute Gasteiger partial charge is 0.350 e. The maximum Gasteiger partial charge on any atom is 0.0655 e. The second-order valence-corrected chi connectivity index (χ2v) is 3.56. The molecule has 1 aromatic carbocycles. The van der Waals surface area contributed by atoms with Crippen LogP contribution in [0.2, 0.25) is 0 Å². The fourth-order valence-corrected chi connectivity index (χ4v) is 1.88. The van der Waals surface area contributed by atoms with Gasteiger partial charge in [0.2, 0.25) is 0 Å². The van der Waals surface area contributed by atoms with Gasteiger partial charge in [0.05, 0.1) is 5.03 Å². The second-order valence-electron chi connectivity index (χ2n) is 2.49. The molecule has 2 heteroatoms. The summed E-state index contributed by atoms with van der Waals surface area (Å²) in [5.41, 5.74) is 2.57. The van der Waals surface area contributed by atoms with Gasteiger partial charge in [-0.15, -0.1) is 11.8 Å². The second kappa shape index (κ2) is 2.62. The molecule has 0 bridgehead atoms. The van der Waals surface area contributed by atoms with E-state index in [2.05, 4.69) is 30.1 Å². The number of hydrogen-bond acceptors (Lipinski definition) is 2. The monoisotopic (exact) mass is 163 g/mol. The third kappa shape index (κ3) is 1.26. The van der Waals surface area contributed by atoms with Crippen LogP contribution in [0.5, 0.6) is 0 Å². The van der Waals surface area contributed by atoms with Crippen LogP contribution in [0, 0.1) is 0 Å². The topological polar surface area (TPSA) is 12.0 Å². The minimum atomic E-state index is 1.04. The lowest BCUT2D eigenvalue weighted by molar-refractivity contribution is 1.36. The first-order valence-electron chi connectivity index (χ1n) is 3.53. The number of nitrogens with one attached hydrogen (secondary N) is 1. The summed E-state index contributed by atoms with van der Waals surface area (Å²) in [6, 6.07) is 8.33. The molecule has 0 aliphatic carbocycles. The van der Waals surface area contributed by atoms with E-state index in [1.165, 1.54) is 11.3 Å². The Hall–Kier alpha value is -0.890. The first kappa shape index (κ1) is 6.80. The van der Waals surface area contributed by atoms with Gasteiger partial charge in [0.15, 0.2) is 0 Å². The molecule has 0 radical (unpaired) electrons. The van der Waals surface area contributed by atoms with Crippen LogP contribution in [0.25, 0.3) is 0 Å². The van der Waals surface area contributed by atoms with Crippen LogP contribution in [-0.2, 0) is 5.75 Å². The summed E-state index contributed by atoms with van der Waals surface area (Å²) in [5.74, 6) is 1.04. The molecule has 1 nitrogen and oxygen atoms in total. The van der Waals surface area contributed by atoms with E-state index in [-0.39, 0.29) is 0 Å². The smallest absolute Gasteiger partial charge is 0.0655 e. The van der Waals surface area contributed by atoms with Crippen molar-refractivity contribution in [2.75, 3.05) is 5.32 Å². The molecule has 1 aromatic rings. The Balaban J connectivity index is 2.41. The zero-order valence-electron chi connectivity index (χ0n) is 6.13. The van der Waals surface area contributed by atoms with Gasteiger partial charge in [-0.05, 0) is 11.6 Å². The Kier molecular flexibility index (Phi) is 1.62. The van der Waals surface area contributed by atoms with Crippen molar-refractivity contribution in [2.45, 2.75) is 5.75 Å². The lowest BCUT2D eigenvalue weighted by Gasteiger charge is -2.18. The normalized spacial score (nSPS) is 15.5. The molecule has 0 aromatic heterocycles. The lowest BCUT2D eigenvalue weighted by Crippen LogP contribution is -2.03. The van der Waals surface area contributed by atoms with Crippen molar-refractivity contribution in [2.24, 2.45) is 0 Å². The van der Waals surface area contributed by atoms with Gasteiger partial charge in [0, 0.05) is 11.4 Å². The van der Waals surface area contributed by atoms with Gasteiger partial charge in [-0.25, -0.2) is 0 Å².